The molecule has 6 heteroatoms. The van der Waals surface area contributed by atoms with E-state index in [1.54, 1.807) is 13.3 Å². The van der Waals surface area contributed by atoms with Gasteiger partial charge in [-0.2, -0.15) is 0 Å². The first-order valence-corrected chi connectivity index (χ1v) is 8.36. The summed E-state index contributed by atoms with van der Waals surface area (Å²) in [5.41, 5.74) is 1.12. The zero-order valence-corrected chi connectivity index (χ0v) is 17.4. The maximum Gasteiger partial charge on any atom is 0.191 e. The van der Waals surface area contributed by atoms with Crippen molar-refractivity contribution in [3.8, 4) is 5.75 Å². The quantitative estimate of drug-likeness (QED) is 0.359. The van der Waals surface area contributed by atoms with Gasteiger partial charge in [-0.15, -0.1) is 24.0 Å². The average Bonchev–Trinajstić information content (AvgIpc) is 3.10. The molecular weight excluding hydrogens is 429 g/mol. The van der Waals surface area contributed by atoms with Gasteiger partial charge in [0.25, 0.3) is 0 Å². The summed E-state index contributed by atoms with van der Waals surface area (Å²) in [4.78, 5) is 4.25. The lowest BCUT2D eigenvalue weighted by molar-refractivity contribution is 0.268. The minimum atomic E-state index is 0. The van der Waals surface area contributed by atoms with Gasteiger partial charge < -0.3 is 19.8 Å². The van der Waals surface area contributed by atoms with Gasteiger partial charge in [0.05, 0.1) is 12.9 Å². The molecule has 1 heterocycles. The van der Waals surface area contributed by atoms with Crippen molar-refractivity contribution in [2.24, 2.45) is 10.9 Å². The second-order valence-electron chi connectivity index (χ2n) is 5.99. The highest BCUT2D eigenvalue weighted by atomic mass is 127. The monoisotopic (exact) mass is 457 g/mol. The predicted molar refractivity (Wildman–Crippen MR) is 113 cm³/mol. The fourth-order valence-electron chi connectivity index (χ4n) is 2.21. The van der Waals surface area contributed by atoms with Crippen LogP contribution in [0, 0.1) is 5.92 Å². The fourth-order valence-corrected chi connectivity index (χ4v) is 2.21. The van der Waals surface area contributed by atoms with E-state index >= 15 is 0 Å². The van der Waals surface area contributed by atoms with Gasteiger partial charge in [-0.3, -0.25) is 4.99 Å². The Hall–Kier alpha value is -1.70. The van der Waals surface area contributed by atoms with E-state index in [-0.39, 0.29) is 24.0 Å². The highest BCUT2D eigenvalue weighted by Crippen LogP contribution is 2.18. The molecule has 0 amide bonds. The minimum absolute atomic E-state index is 0. The lowest BCUT2D eigenvalue weighted by Crippen LogP contribution is -2.37. The van der Waals surface area contributed by atoms with E-state index < -0.39 is 0 Å². The summed E-state index contributed by atoms with van der Waals surface area (Å²) in [6.45, 7) is 6.43. The van der Waals surface area contributed by atoms with Gasteiger partial charge in [-0.05, 0) is 24.1 Å². The van der Waals surface area contributed by atoms with Crippen LogP contribution in [0.1, 0.15) is 25.2 Å². The molecule has 0 aliphatic heterocycles. The molecule has 0 atom stereocenters. The summed E-state index contributed by atoms with van der Waals surface area (Å²) in [7, 11) is 1.77. The summed E-state index contributed by atoms with van der Waals surface area (Å²) in [6.07, 6.45) is 2.51. The molecule has 5 nitrogen and oxygen atoms in total. The van der Waals surface area contributed by atoms with E-state index in [4.69, 9.17) is 9.15 Å². The number of guanidine groups is 1. The number of hydrogen-bond donors (Lipinski definition) is 2. The van der Waals surface area contributed by atoms with Crippen molar-refractivity contribution in [2.75, 3.05) is 20.2 Å². The van der Waals surface area contributed by atoms with Crippen LogP contribution in [0.15, 0.2) is 52.1 Å². The number of benzene rings is 1. The van der Waals surface area contributed by atoms with Gasteiger partial charge in [-0.25, -0.2) is 0 Å². The van der Waals surface area contributed by atoms with E-state index in [1.807, 2.05) is 30.3 Å². The molecule has 2 aromatic rings. The van der Waals surface area contributed by atoms with Crippen LogP contribution < -0.4 is 15.4 Å². The molecule has 2 rings (SSSR count). The molecule has 1 aromatic heterocycles. The number of para-hydroxylation sites is 1. The van der Waals surface area contributed by atoms with E-state index in [2.05, 4.69) is 35.5 Å². The zero-order chi connectivity index (χ0) is 17.2. The summed E-state index contributed by atoms with van der Waals surface area (Å²) < 4.78 is 11.2. The number of nitrogens with one attached hydrogen (secondary N) is 2. The summed E-state index contributed by atoms with van der Waals surface area (Å²) in [6, 6.07) is 12.0. The van der Waals surface area contributed by atoms with E-state index in [0.29, 0.717) is 19.1 Å². The van der Waals surface area contributed by atoms with Gasteiger partial charge >= 0.3 is 0 Å². The molecule has 0 aliphatic rings. The Morgan fingerprint density at radius 3 is 2.64 bits per heavy atom. The summed E-state index contributed by atoms with van der Waals surface area (Å²) in [5.74, 6) is 3.15. The number of hydrogen-bond acceptors (Lipinski definition) is 3. The lowest BCUT2D eigenvalue weighted by Gasteiger charge is -2.15. The Bertz CT molecular complexity index is 627. The van der Waals surface area contributed by atoms with Crippen molar-refractivity contribution in [3.05, 3.63) is 54.0 Å². The molecule has 2 N–H and O–H groups in total. The zero-order valence-electron chi connectivity index (χ0n) is 15.1. The summed E-state index contributed by atoms with van der Waals surface area (Å²) >= 11 is 0. The van der Waals surface area contributed by atoms with E-state index in [1.165, 1.54) is 0 Å². The molecule has 0 radical (unpaired) electrons. The number of aliphatic imine (C=N–C) groups is 1. The summed E-state index contributed by atoms with van der Waals surface area (Å²) in [5, 5.41) is 6.61. The third-order valence-electron chi connectivity index (χ3n) is 3.46. The topological polar surface area (TPSA) is 58.8 Å². The molecule has 0 saturated heterocycles. The number of furan rings is 1. The molecule has 138 valence electrons. The maximum atomic E-state index is 5.88. The fraction of sp³-hybridized carbons (Fsp3) is 0.421. The first-order chi connectivity index (χ1) is 11.7. The Kier molecular flexibility index (Phi) is 10.1. The molecule has 0 saturated carbocycles. The average molecular weight is 457 g/mol. The molecule has 25 heavy (non-hydrogen) atoms. The molecule has 0 fully saturated rings. The van der Waals surface area contributed by atoms with Crippen molar-refractivity contribution in [1.82, 2.24) is 10.6 Å². The molecular formula is C19H28IN3O2. The number of nitrogens with zero attached hydrogens (tertiary/aromatic N) is 1. The Labute approximate surface area is 167 Å². The van der Waals surface area contributed by atoms with Crippen molar-refractivity contribution in [3.63, 3.8) is 0 Å². The maximum absolute atomic E-state index is 5.88. The van der Waals surface area contributed by atoms with Crippen LogP contribution in [-0.2, 0) is 13.0 Å². The Balaban J connectivity index is 0.00000312. The highest BCUT2D eigenvalue weighted by Gasteiger charge is 2.06. The van der Waals surface area contributed by atoms with Gasteiger partial charge in [-0.1, -0.05) is 32.0 Å². The first-order valence-electron chi connectivity index (χ1n) is 8.36. The van der Waals surface area contributed by atoms with Crippen LogP contribution in [0.5, 0.6) is 5.75 Å². The van der Waals surface area contributed by atoms with Crippen molar-refractivity contribution >= 4 is 29.9 Å². The van der Waals surface area contributed by atoms with Gasteiger partial charge in [0, 0.05) is 32.1 Å². The first kappa shape index (κ1) is 21.3. The third-order valence-corrected chi connectivity index (χ3v) is 3.46. The highest BCUT2D eigenvalue weighted by molar-refractivity contribution is 14.0. The van der Waals surface area contributed by atoms with Gasteiger partial charge in [0.15, 0.2) is 5.96 Å². The van der Waals surface area contributed by atoms with Crippen LogP contribution in [0.4, 0.5) is 0 Å². The second kappa shape index (κ2) is 11.8. The number of halogens is 1. The Morgan fingerprint density at radius 2 is 1.96 bits per heavy atom. The van der Waals surface area contributed by atoms with Crippen LogP contribution in [0.3, 0.4) is 0 Å². The van der Waals surface area contributed by atoms with Gasteiger partial charge in [0.2, 0.25) is 0 Å². The molecule has 0 aliphatic carbocycles. The smallest absolute Gasteiger partial charge is 0.191 e. The largest absolute Gasteiger partial charge is 0.493 e. The van der Waals surface area contributed by atoms with E-state index in [0.717, 1.165) is 36.0 Å². The molecule has 0 unspecified atom stereocenters. The van der Waals surface area contributed by atoms with Crippen molar-refractivity contribution < 1.29 is 9.15 Å². The molecule has 0 spiro atoms. The van der Waals surface area contributed by atoms with Crippen molar-refractivity contribution in [2.45, 2.75) is 26.8 Å². The van der Waals surface area contributed by atoms with Crippen molar-refractivity contribution in [1.29, 1.82) is 0 Å². The van der Waals surface area contributed by atoms with Crippen LogP contribution in [0.2, 0.25) is 0 Å². The lowest BCUT2D eigenvalue weighted by atomic mass is 10.2. The second-order valence-corrected chi connectivity index (χ2v) is 5.99. The van der Waals surface area contributed by atoms with Crippen LogP contribution in [0.25, 0.3) is 0 Å². The SMILES string of the molecule is CN=C(NCCc1ccco1)NCc1ccccc1OCC(C)C.I. The third kappa shape index (κ3) is 7.81. The standard InChI is InChI=1S/C19H27N3O2.HI/c1-15(2)14-24-18-9-5-4-7-16(18)13-22-19(20-3)21-11-10-17-8-6-12-23-17;/h4-9,12,15H,10-11,13-14H2,1-3H3,(H2,20,21,22);1H. The Morgan fingerprint density at radius 1 is 1.16 bits per heavy atom. The molecule has 1 aromatic carbocycles. The minimum Gasteiger partial charge on any atom is -0.493 e. The van der Waals surface area contributed by atoms with Crippen LogP contribution in [-0.4, -0.2) is 26.2 Å². The van der Waals surface area contributed by atoms with Gasteiger partial charge in [0.1, 0.15) is 11.5 Å². The normalized spacial score (nSPS) is 11.1. The van der Waals surface area contributed by atoms with Crippen LogP contribution >= 0.6 is 24.0 Å². The number of ether oxygens (including phenoxy) is 1. The van der Waals surface area contributed by atoms with E-state index in [9.17, 15) is 0 Å². The number of rotatable bonds is 8. The predicted octanol–water partition coefficient (Wildman–Crippen LogP) is 3.84. The molecule has 0 bridgehead atoms.